The van der Waals surface area contributed by atoms with Crippen LogP contribution in [-0.2, 0) is 0 Å². The van der Waals surface area contributed by atoms with Crippen LogP contribution in [0.15, 0.2) is 30.5 Å². The first-order chi connectivity index (χ1) is 9.88. The van der Waals surface area contributed by atoms with Gasteiger partial charge in [0.25, 0.3) is 5.91 Å². The number of hydrogen-bond acceptors (Lipinski definition) is 3. The molecule has 2 N–H and O–H groups in total. The van der Waals surface area contributed by atoms with Crippen molar-refractivity contribution in [2.24, 2.45) is 0 Å². The lowest BCUT2D eigenvalue weighted by molar-refractivity contribution is 0.0696. The summed E-state index contributed by atoms with van der Waals surface area (Å²) in [6, 6.07) is 5.26. The lowest BCUT2D eigenvalue weighted by Crippen LogP contribution is -2.14. The fourth-order valence-electron chi connectivity index (χ4n) is 1.66. The third kappa shape index (κ3) is 3.35. The predicted molar refractivity (Wildman–Crippen MR) is 75.3 cm³/mol. The average Bonchev–Trinajstić information content (AvgIpc) is 2.43. The number of halogens is 2. The lowest BCUT2D eigenvalue weighted by Gasteiger charge is -2.10. The van der Waals surface area contributed by atoms with E-state index in [4.69, 9.17) is 16.7 Å². The molecular formula is C14H10ClFN2O3. The van der Waals surface area contributed by atoms with Crippen molar-refractivity contribution in [3.63, 3.8) is 0 Å². The highest BCUT2D eigenvalue weighted by Gasteiger charge is 2.15. The number of nitrogens with zero attached hydrogens (tertiary/aromatic N) is 1. The summed E-state index contributed by atoms with van der Waals surface area (Å²) in [4.78, 5) is 26.5. The Labute approximate surface area is 124 Å². The maximum absolute atomic E-state index is 13.1. The minimum atomic E-state index is -1.11. The molecule has 0 saturated carbocycles. The highest BCUT2D eigenvalue weighted by Crippen LogP contribution is 2.20. The van der Waals surface area contributed by atoms with Crippen molar-refractivity contribution < 1.29 is 19.1 Å². The Kier molecular flexibility index (Phi) is 4.18. The van der Waals surface area contributed by atoms with Gasteiger partial charge < -0.3 is 10.4 Å². The van der Waals surface area contributed by atoms with Crippen molar-refractivity contribution in [1.82, 2.24) is 4.98 Å². The van der Waals surface area contributed by atoms with E-state index in [9.17, 15) is 14.0 Å². The highest BCUT2D eigenvalue weighted by atomic mass is 35.5. The third-order valence-electron chi connectivity index (χ3n) is 2.78. The summed E-state index contributed by atoms with van der Waals surface area (Å²) in [7, 11) is 0. The maximum Gasteiger partial charge on any atom is 0.335 e. The number of carboxylic acid groups (broad SMARTS) is 1. The molecule has 0 bridgehead atoms. The molecule has 1 aromatic heterocycles. The average molecular weight is 309 g/mol. The summed E-state index contributed by atoms with van der Waals surface area (Å²) >= 11 is 5.75. The number of nitrogens with one attached hydrogen (secondary N) is 1. The zero-order valence-corrected chi connectivity index (χ0v) is 11.6. The summed E-state index contributed by atoms with van der Waals surface area (Å²) in [6.45, 7) is 1.70. The Bertz CT molecular complexity index is 734. The molecule has 0 aliphatic heterocycles. The van der Waals surface area contributed by atoms with Gasteiger partial charge in [-0.05, 0) is 30.7 Å². The number of rotatable bonds is 3. The fourth-order valence-corrected chi connectivity index (χ4v) is 1.85. The number of amides is 1. The molecule has 21 heavy (non-hydrogen) atoms. The van der Waals surface area contributed by atoms with Gasteiger partial charge in [-0.15, -0.1) is 0 Å². The first-order valence-electron chi connectivity index (χ1n) is 5.85. The van der Waals surface area contributed by atoms with Gasteiger partial charge in [0.15, 0.2) is 0 Å². The number of carbonyl (C=O) groups is 2. The van der Waals surface area contributed by atoms with Crippen molar-refractivity contribution in [1.29, 1.82) is 0 Å². The summed E-state index contributed by atoms with van der Waals surface area (Å²) in [5.74, 6) is -2.48. The van der Waals surface area contributed by atoms with Crippen molar-refractivity contribution >= 4 is 29.2 Å². The summed E-state index contributed by atoms with van der Waals surface area (Å²) in [5, 5.41) is 11.3. The first-order valence-corrected chi connectivity index (χ1v) is 6.22. The van der Waals surface area contributed by atoms with Gasteiger partial charge in [0, 0.05) is 5.69 Å². The van der Waals surface area contributed by atoms with E-state index < -0.39 is 17.7 Å². The molecular weight excluding hydrogens is 299 g/mol. The summed E-state index contributed by atoms with van der Waals surface area (Å²) < 4.78 is 13.1. The van der Waals surface area contributed by atoms with Crippen molar-refractivity contribution in [3.8, 4) is 0 Å². The summed E-state index contributed by atoms with van der Waals surface area (Å²) in [6.07, 6.45) is 0.898. The van der Waals surface area contributed by atoms with Crippen LogP contribution in [0.4, 0.5) is 10.1 Å². The molecule has 1 amide bonds. The molecule has 108 valence electrons. The Morgan fingerprint density at radius 1 is 1.33 bits per heavy atom. The van der Waals surface area contributed by atoms with Crippen LogP contribution >= 0.6 is 11.6 Å². The molecule has 0 aliphatic rings. The van der Waals surface area contributed by atoms with E-state index in [1.54, 1.807) is 13.0 Å². The number of aromatic nitrogens is 1. The normalized spacial score (nSPS) is 10.2. The van der Waals surface area contributed by atoms with Crippen LogP contribution < -0.4 is 5.32 Å². The monoisotopic (exact) mass is 308 g/mol. The molecule has 1 aromatic carbocycles. The molecule has 0 aliphatic carbocycles. The third-order valence-corrected chi connectivity index (χ3v) is 3.08. The maximum atomic E-state index is 13.1. The zero-order chi connectivity index (χ0) is 15.6. The van der Waals surface area contributed by atoms with E-state index in [1.165, 1.54) is 12.1 Å². The number of carboxylic acids is 1. The van der Waals surface area contributed by atoms with Crippen LogP contribution in [0.25, 0.3) is 0 Å². The van der Waals surface area contributed by atoms with Gasteiger partial charge in [-0.25, -0.2) is 14.2 Å². The van der Waals surface area contributed by atoms with Gasteiger partial charge in [0.2, 0.25) is 0 Å². The molecule has 7 heteroatoms. The number of pyridine rings is 1. The van der Waals surface area contributed by atoms with Gasteiger partial charge in [-0.1, -0.05) is 17.7 Å². The Hall–Kier alpha value is -2.47. The summed E-state index contributed by atoms with van der Waals surface area (Å²) in [5.41, 5.74) is 0.866. The first kappa shape index (κ1) is 14.9. The lowest BCUT2D eigenvalue weighted by atomic mass is 10.1. The minimum absolute atomic E-state index is 0.0272. The molecule has 0 saturated heterocycles. The topological polar surface area (TPSA) is 79.3 Å². The molecule has 0 spiro atoms. The van der Waals surface area contributed by atoms with Crippen molar-refractivity contribution in [3.05, 3.63) is 58.1 Å². The van der Waals surface area contributed by atoms with Gasteiger partial charge in [0.1, 0.15) is 11.0 Å². The van der Waals surface area contributed by atoms with Crippen LogP contribution in [0.5, 0.6) is 0 Å². The largest absolute Gasteiger partial charge is 0.478 e. The van der Waals surface area contributed by atoms with Crippen LogP contribution in [0.1, 0.15) is 26.3 Å². The van der Waals surface area contributed by atoms with Crippen LogP contribution in [-0.4, -0.2) is 22.0 Å². The molecule has 0 atom stereocenters. The van der Waals surface area contributed by atoms with Crippen LogP contribution in [0.2, 0.25) is 5.15 Å². The molecule has 0 unspecified atom stereocenters. The van der Waals surface area contributed by atoms with Crippen LogP contribution in [0.3, 0.4) is 0 Å². The van der Waals surface area contributed by atoms with Crippen LogP contribution in [0, 0.1) is 12.7 Å². The molecule has 1 heterocycles. The predicted octanol–water partition coefficient (Wildman–Crippen LogP) is 3.13. The molecule has 2 rings (SSSR count). The number of carbonyl (C=O) groups excluding carboxylic acids is 1. The minimum Gasteiger partial charge on any atom is -0.478 e. The van der Waals surface area contributed by atoms with E-state index in [2.05, 4.69) is 10.3 Å². The number of aromatic carboxylic acids is 1. The van der Waals surface area contributed by atoms with Gasteiger partial charge in [-0.2, -0.15) is 0 Å². The van der Waals surface area contributed by atoms with Crippen molar-refractivity contribution in [2.75, 3.05) is 5.32 Å². The number of aryl methyl sites for hydroxylation is 1. The molecule has 5 nitrogen and oxygen atoms in total. The van der Waals surface area contributed by atoms with E-state index in [-0.39, 0.29) is 16.3 Å². The van der Waals surface area contributed by atoms with E-state index in [0.29, 0.717) is 11.3 Å². The van der Waals surface area contributed by atoms with E-state index in [0.717, 1.165) is 12.3 Å². The second kappa shape index (κ2) is 5.88. The number of hydrogen-bond donors (Lipinski definition) is 2. The standard InChI is InChI=1S/C14H10ClFN2O3/c1-7-2-3-8(14(20)21)4-11(7)18-13(19)10-5-9(16)6-17-12(10)15/h2-6H,1H3,(H,18,19)(H,20,21). The Morgan fingerprint density at radius 2 is 2.05 bits per heavy atom. The number of anilines is 1. The SMILES string of the molecule is Cc1ccc(C(=O)O)cc1NC(=O)c1cc(F)cnc1Cl. The van der Waals surface area contributed by atoms with Gasteiger partial charge in [-0.3, -0.25) is 4.79 Å². The molecule has 0 fully saturated rings. The van der Waals surface area contributed by atoms with E-state index in [1.807, 2.05) is 0 Å². The smallest absolute Gasteiger partial charge is 0.335 e. The molecule has 0 radical (unpaired) electrons. The fraction of sp³-hybridized carbons (Fsp3) is 0.0714. The van der Waals surface area contributed by atoms with Gasteiger partial charge >= 0.3 is 5.97 Å². The number of benzene rings is 1. The highest BCUT2D eigenvalue weighted by molar-refractivity contribution is 6.33. The Balaban J connectivity index is 2.33. The Morgan fingerprint density at radius 3 is 2.71 bits per heavy atom. The van der Waals surface area contributed by atoms with Gasteiger partial charge in [0.05, 0.1) is 17.3 Å². The van der Waals surface area contributed by atoms with E-state index >= 15 is 0 Å². The second-order valence-electron chi connectivity index (χ2n) is 4.28. The van der Waals surface area contributed by atoms with Crippen molar-refractivity contribution in [2.45, 2.75) is 6.92 Å². The molecule has 2 aromatic rings. The second-order valence-corrected chi connectivity index (χ2v) is 4.64. The quantitative estimate of drug-likeness (QED) is 0.854. The zero-order valence-electron chi connectivity index (χ0n) is 10.9.